The second-order valence-corrected chi connectivity index (χ2v) is 4.29. The van der Waals surface area contributed by atoms with Crippen molar-refractivity contribution in [3.05, 3.63) is 29.1 Å². The van der Waals surface area contributed by atoms with Crippen LogP contribution in [0.2, 0.25) is 0 Å². The molecule has 0 saturated carbocycles. The molecule has 3 nitrogen and oxygen atoms in total. The van der Waals surface area contributed by atoms with Gasteiger partial charge in [-0.05, 0) is 17.2 Å². The van der Waals surface area contributed by atoms with Crippen LogP contribution in [-0.2, 0) is 11.2 Å². The fourth-order valence-electron chi connectivity index (χ4n) is 2.36. The monoisotopic (exact) mass is 221 g/mol. The van der Waals surface area contributed by atoms with Crippen LogP contribution < -0.4 is 10.1 Å². The Morgan fingerprint density at radius 3 is 3.06 bits per heavy atom. The Balaban J connectivity index is 1.98. The maximum atomic E-state index is 13.8. The predicted octanol–water partition coefficient (Wildman–Crippen LogP) is 1.36. The predicted molar refractivity (Wildman–Crippen MR) is 56.0 cm³/mol. The first kappa shape index (κ1) is 9.63. The van der Waals surface area contributed by atoms with Gasteiger partial charge in [-0.1, -0.05) is 0 Å². The van der Waals surface area contributed by atoms with Crippen molar-refractivity contribution < 1.29 is 13.9 Å². The van der Waals surface area contributed by atoms with E-state index in [1.807, 2.05) is 6.07 Å². The maximum Gasteiger partial charge on any atom is 0.220 e. The van der Waals surface area contributed by atoms with Gasteiger partial charge in [-0.3, -0.25) is 4.79 Å². The summed E-state index contributed by atoms with van der Waals surface area (Å²) in [6.07, 6.45) is 1.22. The number of carbonyl (C=O) groups is 1. The number of fused-ring (bicyclic) bond motifs is 1. The molecular formula is C12H12FNO2. The summed E-state index contributed by atoms with van der Waals surface area (Å²) in [5, 5.41) is 2.73. The zero-order valence-electron chi connectivity index (χ0n) is 8.75. The van der Waals surface area contributed by atoms with Crippen molar-refractivity contribution in [3.63, 3.8) is 0 Å². The summed E-state index contributed by atoms with van der Waals surface area (Å²) in [6, 6.07) is 3.29. The topological polar surface area (TPSA) is 38.3 Å². The number of rotatable bonds is 1. The quantitative estimate of drug-likeness (QED) is 0.777. The third-order valence-electron chi connectivity index (χ3n) is 3.23. The summed E-state index contributed by atoms with van der Waals surface area (Å²) < 4.78 is 19.1. The van der Waals surface area contributed by atoms with Crippen molar-refractivity contribution in [2.75, 3.05) is 13.2 Å². The zero-order chi connectivity index (χ0) is 11.1. The molecule has 1 unspecified atom stereocenters. The Bertz CT molecular complexity index is 459. The Morgan fingerprint density at radius 2 is 2.31 bits per heavy atom. The first-order valence-corrected chi connectivity index (χ1v) is 5.46. The fourth-order valence-corrected chi connectivity index (χ4v) is 2.36. The largest absolute Gasteiger partial charge is 0.493 e. The second kappa shape index (κ2) is 3.47. The molecule has 3 rings (SSSR count). The van der Waals surface area contributed by atoms with E-state index >= 15 is 0 Å². The highest BCUT2D eigenvalue weighted by Gasteiger charge is 2.27. The normalized spacial score (nSPS) is 22.8. The van der Waals surface area contributed by atoms with Crippen molar-refractivity contribution in [2.45, 2.75) is 18.8 Å². The number of hydrogen-bond acceptors (Lipinski definition) is 2. The van der Waals surface area contributed by atoms with E-state index in [1.165, 1.54) is 6.07 Å². The van der Waals surface area contributed by atoms with Gasteiger partial charge in [0.2, 0.25) is 5.91 Å². The number of ether oxygens (including phenoxy) is 1. The molecule has 1 aromatic carbocycles. The van der Waals surface area contributed by atoms with Crippen LogP contribution in [0.3, 0.4) is 0 Å². The van der Waals surface area contributed by atoms with E-state index in [9.17, 15) is 9.18 Å². The van der Waals surface area contributed by atoms with Crippen LogP contribution in [0.5, 0.6) is 5.75 Å². The minimum Gasteiger partial charge on any atom is -0.493 e. The third-order valence-corrected chi connectivity index (χ3v) is 3.23. The molecule has 1 amide bonds. The Hall–Kier alpha value is -1.58. The van der Waals surface area contributed by atoms with Gasteiger partial charge >= 0.3 is 0 Å². The highest BCUT2D eigenvalue weighted by atomic mass is 19.1. The van der Waals surface area contributed by atoms with Gasteiger partial charge in [0.05, 0.1) is 6.61 Å². The molecule has 4 heteroatoms. The lowest BCUT2D eigenvalue weighted by Crippen LogP contribution is -2.13. The molecule has 0 aliphatic carbocycles. The van der Waals surface area contributed by atoms with E-state index in [4.69, 9.17) is 4.74 Å². The average Bonchev–Trinajstić information content (AvgIpc) is 2.84. The van der Waals surface area contributed by atoms with Crippen molar-refractivity contribution in [1.29, 1.82) is 0 Å². The highest BCUT2D eigenvalue weighted by molar-refractivity contribution is 5.79. The van der Waals surface area contributed by atoms with Crippen molar-refractivity contribution in [2.24, 2.45) is 0 Å². The fraction of sp³-hybridized carbons (Fsp3) is 0.417. The molecule has 1 saturated heterocycles. The van der Waals surface area contributed by atoms with Gasteiger partial charge in [-0.25, -0.2) is 4.39 Å². The number of halogens is 1. The summed E-state index contributed by atoms with van der Waals surface area (Å²) in [7, 11) is 0. The lowest BCUT2D eigenvalue weighted by atomic mass is 9.95. The summed E-state index contributed by atoms with van der Waals surface area (Å²) in [5.41, 5.74) is 1.69. The van der Waals surface area contributed by atoms with E-state index in [2.05, 4.69) is 5.32 Å². The van der Waals surface area contributed by atoms with Crippen molar-refractivity contribution >= 4 is 5.91 Å². The second-order valence-electron chi connectivity index (χ2n) is 4.29. The summed E-state index contributed by atoms with van der Waals surface area (Å²) in [4.78, 5) is 11.1. The van der Waals surface area contributed by atoms with Crippen molar-refractivity contribution in [1.82, 2.24) is 5.32 Å². The molecule has 1 N–H and O–H groups in total. The summed E-state index contributed by atoms with van der Waals surface area (Å²) >= 11 is 0. The molecule has 16 heavy (non-hydrogen) atoms. The van der Waals surface area contributed by atoms with Crippen LogP contribution in [0, 0.1) is 5.82 Å². The zero-order valence-corrected chi connectivity index (χ0v) is 8.75. The number of benzene rings is 1. The standard InChI is InChI=1S/C12H12FNO2/c13-10-5-11-7(1-2-16-11)3-9(10)8-4-12(15)14-6-8/h3,5,8H,1-2,4,6H2,(H,14,15). The molecular weight excluding hydrogens is 209 g/mol. The van der Waals surface area contributed by atoms with E-state index < -0.39 is 0 Å². The van der Waals surface area contributed by atoms with E-state index in [0.29, 0.717) is 30.9 Å². The van der Waals surface area contributed by atoms with Crippen LogP contribution in [0.25, 0.3) is 0 Å². The Labute approximate surface area is 92.6 Å². The van der Waals surface area contributed by atoms with Gasteiger partial charge in [0.15, 0.2) is 0 Å². The Kier molecular flexibility index (Phi) is 2.09. The molecule has 0 bridgehead atoms. The van der Waals surface area contributed by atoms with Gasteiger partial charge in [0.1, 0.15) is 11.6 Å². The molecule has 0 radical (unpaired) electrons. The van der Waals surface area contributed by atoms with Gasteiger partial charge in [-0.15, -0.1) is 0 Å². The summed E-state index contributed by atoms with van der Waals surface area (Å²) in [6.45, 7) is 1.16. The van der Waals surface area contributed by atoms with Gasteiger partial charge in [0, 0.05) is 31.4 Å². The first-order chi connectivity index (χ1) is 7.74. The smallest absolute Gasteiger partial charge is 0.220 e. The van der Waals surface area contributed by atoms with Crippen LogP contribution >= 0.6 is 0 Å². The molecule has 0 spiro atoms. The van der Waals surface area contributed by atoms with Crippen LogP contribution in [-0.4, -0.2) is 19.1 Å². The lowest BCUT2D eigenvalue weighted by molar-refractivity contribution is -0.119. The molecule has 1 fully saturated rings. The van der Waals surface area contributed by atoms with Crippen molar-refractivity contribution in [3.8, 4) is 5.75 Å². The highest BCUT2D eigenvalue weighted by Crippen LogP contribution is 2.33. The van der Waals surface area contributed by atoms with E-state index in [1.54, 1.807) is 0 Å². The van der Waals surface area contributed by atoms with Crippen LogP contribution in [0.15, 0.2) is 12.1 Å². The lowest BCUT2D eigenvalue weighted by Gasteiger charge is -2.10. The minimum absolute atomic E-state index is 0.00106. The third kappa shape index (κ3) is 1.45. The molecule has 2 aliphatic heterocycles. The average molecular weight is 221 g/mol. The van der Waals surface area contributed by atoms with Gasteiger partial charge in [-0.2, -0.15) is 0 Å². The number of hydrogen-bond donors (Lipinski definition) is 1. The maximum absolute atomic E-state index is 13.8. The number of nitrogens with one attached hydrogen (secondary N) is 1. The molecule has 2 heterocycles. The van der Waals surface area contributed by atoms with Crippen LogP contribution in [0.1, 0.15) is 23.5 Å². The summed E-state index contributed by atoms with van der Waals surface area (Å²) in [5.74, 6) is 0.361. The number of amides is 1. The molecule has 0 aromatic heterocycles. The van der Waals surface area contributed by atoms with E-state index in [0.717, 1.165) is 12.0 Å². The Morgan fingerprint density at radius 1 is 1.44 bits per heavy atom. The molecule has 1 aromatic rings. The van der Waals surface area contributed by atoms with Crippen LogP contribution in [0.4, 0.5) is 4.39 Å². The van der Waals surface area contributed by atoms with E-state index in [-0.39, 0.29) is 17.6 Å². The van der Waals surface area contributed by atoms with Gasteiger partial charge in [0.25, 0.3) is 0 Å². The first-order valence-electron chi connectivity index (χ1n) is 5.46. The molecule has 2 aliphatic rings. The molecule has 1 atom stereocenters. The molecule has 84 valence electrons. The number of carbonyl (C=O) groups excluding carboxylic acids is 1. The van der Waals surface area contributed by atoms with Gasteiger partial charge < -0.3 is 10.1 Å². The minimum atomic E-state index is -0.262. The SMILES string of the molecule is O=C1CC(c2cc3c(cc2F)OCC3)CN1.